The molecule has 1 atom stereocenters. The lowest BCUT2D eigenvalue weighted by molar-refractivity contribution is -0.384. The van der Waals surface area contributed by atoms with Crippen molar-refractivity contribution in [3.05, 3.63) is 34.4 Å². The number of nitrogens with one attached hydrogen (secondary N) is 2. The smallest absolute Gasteiger partial charge is 0.269 e. The molecule has 0 saturated carbocycles. The van der Waals surface area contributed by atoms with E-state index in [2.05, 4.69) is 10.6 Å². The van der Waals surface area contributed by atoms with Gasteiger partial charge in [0.15, 0.2) is 0 Å². The fourth-order valence-electron chi connectivity index (χ4n) is 1.70. The third-order valence-electron chi connectivity index (χ3n) is 2.70. The van der Waals surface area contributed by atoms with Crippen LogP contribution in [0.5, 0.6) is 0 Å². The zero-order valence-electron chi connectivity index (χ0n) is 10.7. The van der Waals surface area contributed by atoms with Crippen molar-refractivity contribution in [3.8, 4) is 0 Å². The van der Waals surface area contributed by atoms with Crippen LogP contribution in [0.4, 0.5) is 11.4 Å². The fraction of sp³-hybridized carbons (Fsp3) is 0.250. The summed E-state index contributed by atoms with van der Waals surface area (Å²) in [5.41, 5.74) is 0.363. The second kappa shape index (κ2) is 6.35. The van der Waals surface area contributed by atoms with Crippen molar-refractivity contribution in [1.82, 2.24) is 5.32 Å². The normalized spacial score (nSPS) is 17.4. The van der Waals surface area contributed by atoms with E-state index in [4.69, 9.17) is 0 Å². The Morgan fingerprint density at radius 3 is 2.57 bits per heavy atom. The van der Waals surface area contributed by atoms with Crippen molar-refractivity contribution in [2.75, 3.05) is 11.1 Å². The van der Waals surface area contributed by atoms with E-state index in [1.54, 1.807) is 0 Å². The van der Waals surface area contributed by atoms with E-state index < -0.39 is 10.2 Å². The number of hydrogen-bond acceptors (Lipinski definition) is 6. The minimum Gasteiger partial charge on any atom is -0.325 e. The number of amides is 3. The first-order valence-electron chi connectivity index (χ1n) is 5.95. The van der Waals surface area contributed by atoms with Gasteiger partial charge >= 0.3 is 0 Å². The Morgan fingerprint density at radius 1 is 1.38 bits per heavy atom. The van der Waals surface area contributed by atoms with Gasteiger partial charge in [-0.3, -0.25) is 29.8 Å². The van der Waals surface area contributed by atoms with Crippen molar-refractivity contribution in [1.29, 1.82) is 0 Å². The quantitative estimate of drug-likeness (QED) is 0.469. The van der Waals surface area contributed by atoms with E-state index in [-0.39, 0.29) is 35.6 Å². The molecule has 8 nitrogen and oxygen atoms in total. The minimum atomic E-state index is -0.542. The second-order valence-electron chi connectivity index (χ2n) is 4.27. The molecule has 9 heteroatoms. The number of imide groups is 1. The molecule has 2 N–H and O–H groups in total. The molecule has 1 saturated heterocycles. The van der Waals surface area contributed by atoms with Crippen LogP contribution < -0.4 is 10.6 Å². The molecule has 0 aromatic heterocycles. The van der Waals surface area contributed by atoms with Crippen LogP contribution in [-0.2, 0) is 14.4 Å². The van der Waals surface area contributed by atoms with Crippen LogP contribution in [-0.4, -0.2) is 33.6 Å². The van der Waals surface area contributed by atoms with Crippen LogP contribution in [0.2, 0.25) is 0 Å². The van der Waals surface area contributed by atoms with Gasteiger partial charge in [0.25, 0.3) is 5.69 Å². The van der Waals surface area contributed by atoms with E-state index in [1.165, 1.54) is 24.3 Å². The number of nitrogens with zero attached hydrogens (tertiary/aromatic N) is 1. The average Bonchev–Trinajstić information content (AvgIpc) is 2.75. The van der Waals surface area contributed by atoms with Crippen LogP contribution in [0.15, 0.2) is 24.3 Å². The molecular weight excluding hydrogens is 298 g/mol. The maximum atomic E-state index is 11.7. The highest BCUT2D eigenvalue weighted by Gasteiger charge is 2.31. The van der Waals surface area contributed by atoms with Crippen LogP contribution in [0.1, 0.15) is 6.42 Å². The summed E-state index contributed by atoms with van der Waals surface area (Å²) in [6.07, 6.45) is 0.0777. The lowest BCUT2D eigenvalue weighted by Crippen LogP contribution is -2.24. The number of nitro groups is 1. The number of nitro benzene ring substituents is 1. The summed E-state index contributed by atoms with van der Waals surface area (Å²) in [7, 11) is 0. The van der Waals surface area contributed by atoms with Gasteiger partial charge in [-0.05, 0) is 12.1 Å². The second-order valence-corrected chi connectivity index (χ2v) is 5.46. The van der Waals surface area contributed by atoms with E-state index >= 15 is 0 Å². The molecule has 1 aromatic carbocycles. The lowest BCUT2D eigenvalue weighted by atomic mass is 10.3. The summed E-state index contributed by atoms with van der Waals surface area (Å²) >= 11 is 1.08. The molecule has 1 aromatic rings. The average molecular weight is 309 g/mol. The Morgan fingerprint density at radius 2 is 2.05 bits per heavy atom. The molecule has 1 heterocycles. The largest absolute Gasteiger partial charge is 0.325 e. The molecule has 21 heavy (non-hydrogen) atoms. The topological polar surface area (TPSA) is 118 Å². The number of thioether (sulfide) groups is 1. The molecule has 3 amide bonds. The van der Waals surface area contributed by atoms with Crippen molar-refractivity contribution < 1.29 is 19.3 Å². The van der Waals surface area contributed by atoms with Crippen LogP contribution in [0.25, 0.3) is 0 Å². The molecule has 0 radical (unpaired) electrons. The Bertz CT molecular complexity index is 601. The summed E-state index contributed by atoms with van der Waals surface area (Å²) in [5, 5.41) is 14.7. The summed E-state index contributed by atoms with van der Waals surface area (Å²) in [6.45, 7) is 0. The molecule has 2 rings (SSSR count). The highest BCUT2D eigenvalue weighted by molar-refractivity contribution is 8.01. The molecule has 0 spiro atoms. The highest BCUT2D eigenvalue weighted by Crippen LogP contribution is 2.20. The zero-order chi connectivity index (χ0) is 15.4. The minimum absolute atomic E-state index is 0.0162. The number of non-ortho nitro benzene ring substituents is 1. The Balaban J connectivity index is 1.83. The Hall–Kier alpha value is -2.42. The molecule has 1 fully saturated rings. The molecule has 0 bridgehead atoms. The fourth-order valence-corrected chi connectivity index (χ4v) is 2.61. The summed E-state index contributed by atoms with van der Waals surface area (Å²) in [6, 6.07) is 5.41. The predicted molar refractivity (Wildman–Crippen MR) is 75.7 cm³/mol. The maximum absolute atomic E-state index is 11.7. The molecule has 1 aliphatic rings. The number of hydrogen-bond donors (Lipinski definition) is 2. The molecule has 1 unspecified atom stereocenters. The van der Waals surface area contributed by atoms with E-state index in [1.807, 2.05) is 0 Å². The lowest BCUT2D eigenvalue weighted by Gasteiger charge is -2.07. The third kappa shape index (κ3) is 4.02. The van der Waals surface area contributed by atoms with Crippen molar-refractivity contribution in [2.24, 2.45) is 0 Å². The van der Waals surface area contributed by atoms with Gasteiger partial charge in [-0.25, -0.2) is 0 Å². The van der Waals surface area contributed by atoms with E-state index in [9.17, 15) is 24.5 Å². The van der Waals surface area contributed by atoms with Gasteiger partial charge in [0.05, 0.1) is 15.9 Å². The number of anilines is 1. The number of carbonyl (C=O) groups excluding carboxylic acids is 3. The number of benzene rings is 1. The summed E-state index contributed by atoms with van der Waals surface area (Å²) < 4.78 is 0. The molecule has 1 aliphatic heterocycles. The first kappa shape index (κ1) is 15.0. The molecular formula is C12H11N3O5S. The number of rotatable bonds is 5. The van der Waals surface area contributed by atoms with Crippen molar-refractivity contribution in [2.45, 2.75) is 11.7 Å². The molecule has 110 valence electrons. The standard InChI is InChI=1S/C12H11N3O5S/c16-10-5-9(12(18)14-10)21-6-11(17)13-7-1-3-8(4-2-7)15(19)20/h1-4,9H,5-6H2,(H,13,17)(H,14,16,18). The van der Waals surface area contributed by atoms with Gasteiger partial charge in [0.1, 0.15) is 0 Å². The Labute approximate surface area is 123 Å². The number of carbonyl (C=O) groups is 3. The van der Waals surface area contributed by atoms with Gasteiger partial charge in [-0.1, -0.05) is 0 Å². The highest BCUT2D eigenvalue weighted by atomic mass is 32.2. The Kier molecular flexibility index (Phi) is 4.53. The first-order valence-corrected chi connectivity index (χ1v) is 7.00. The first-order chi connectivity index (χ1) is 9.95. The van der Waals surface area contributed by atoms with Crippen LogP contribution in [0, 0.1) is 10.1 Å². The van der Waals surface area contributed by atoms with Gasteiger partial charge in [0, 0.05) is 24.2 Å². The van der Waals surface area contributed by atoms with Crippen LogP contribution >= 0.6 is 11.8 Å². The van der Waals surface area contributed by atoms with Crippen molar-refractivity contribution in [3.63, 3.8) is 0 Å². The summed E-state index contributed by atoms with van der Waals surface area (Å²) in [5.74, 6) is -1.05. The van der Waals surface area contributed by atoms with Gasteiger partial charge in [0.2, 0.25) is 17.7 Å². The maximum Gasteiger partial charge on any atom is 0.269 e. The van der Waals surface area contributed by atoms with Gasteiger partial charge in [-0.15, -0.1) is 11.8 Å². The van der Waals surface area contributed by atoms with Crippen LogP contribution in [0.3, 0.4) is 0 Å². The SMILES string of the molecule is O=C1CC(SCC(=O)Nc2ccc([N+](=O)[O-])cc2)C(=O)N1. The predicted octanol–water partition coefficient (Wildman–Crippen LogP) is 0.682. The van der Waals surface area contributed by atoms with Gasteiger partial charge < -0.3 is 5.32 Å². The van der Waals surface area contributed by atoms with E-state index in [0.29, 0.717) is 5.69 Å². The zero-order valence-corrected chi connectivity index (χ0v) is 11.5. The monoisotopic (exact) mass is 309 g/mol. The van der Waals surface area contributed by atoms with Gasteiger partial charge in [-0.2, -0.15) is 0 Å². The molecule has 0 aliphatic carbocycles. The third-order valence-corrected chi connectivity index (χ3v) is 3.92. The summed E-state index contributed by atoms with van der Waals surface area (Å²) in [4.78, 5) is 43.9. The van der Waals surface area contributed by atoms with E-state index in [0.717, 1.165) is 11.8 Å². The van der Waals surface area contributed by atoms with Crippen molar-refractivity contribution >= 4 is 40.9 Å².